The Balaban J connectivity index is 3.57. The summed E-state index contributed by atoms with van der Waals surface area (Å²) in [6, 6.07) is 0. The van der Waals surface area contributed by atoms with Gasteiger partial charge in [0, 0.05) is 12.8 Å². The van der Waals surface area contributed by atoms with Crippen LogP contribution in [0.2, 0.25) is 0 Å². The van der Waals surface area contributed by atoms with Gasteiger partial charge in [-0.2, -0.15) is 0 Å². The van der Waals surface area contributed by atoms with Crippen molar-refractivity contribution in [2.24, 2.45) is 0 Å². The molecular formula is C37H68O5. The fourth-order valence-corrected chi connectivity index (χ4v) is 4.94. The average Bonchev–Trinajstić information content (AvgIpc) is 2.99. The van der Waals surface area contributed by atoms with Crippen LogP contribution in [0.25, 0.3) is 0 Å². The predicted octanol–water partition coefficient (Wildman–Crippen LogP) is 10.7. The second-order valence-electron chi connectivity index (χ2n) is 11.9. The van der Waals surface area contributed by atoms with Gasteiger partial charge in [0.05, 0.1) is 6.61 Å². The maximum atomic E-state index is 12.1. The molecule has 0 aliphatic carbocycles. The van der Waals surface area contributed by atoms with Crippen molar-refractivity contribution in [1.29, 1.82) is 0 Å². The molecule has 0 aliphatic rings. The van der Waals surface area contributed by atoms with Gasteiger partial charge < -0.3 is 14.6 Å². The van der Waals surface area contributed by atoms with E-state index in [-0.39, 0.29) is 25.2 Å². The molecule has 0 saturated heterocycles. The Morgan fingerprint density at radius 3 is 1.36 bits per heavy atom. The van der Waals surface area contributed by atoms with Gasteiger partial charge in [0.25, 0.3) is 0 Å². The van der Waals surface area contributed by atoms with Crippen LogP contribution in [-0.4, -0.2) is 36.4 Å². The average molecular weight is 593 g/mol. The molecule has 0 amide bonds. The number of carbonyl (C=O) groups excluding carboxylic acids is 2. The van der Waals surface area contributed by atoms with E-state index < -0.39 is 6.10 Å². The van der Waals surface area contributed by atoms with E-state index in [0.29, 0.717) is 12.8 Å². The summed E-state index contributed by atoms with van der Waals surface area (Å²) in [4.78, 5) is 24.1. The first-order valence-electron chi connectivity index (χ1n) is 17.9. The molecule has 246 valence electrons. The SMILES string of the molecule is CCCC/C=C\CCCCCCCC(=O)OC[C@H](CO)OC(=O)CCCCCCCCC/C=C\CCCCCCCC. The predicted molar refractivity (Wildman–Crippen MR) is 178 cm³/mol. The Morgan fingerprint density at radius 1 is 0.524 bits per heavy atom. The number of hydrogen-bond acceptors (Lipinski definition) is 5. The Morgan fingerprint density at radius 2 is 0.905 bits per heavy atom. The van der Waals surface area contributed by atoms with Crippen LogP contribution in [0.5, 0.6) is 0 Å². The lowest BCUT2D eigenvalue weighted by atomic mass is 10.1. The van der Waals surface area contributed by atoms with Gasteiger partial charge >= 0.3 is 11.9 Å². The second-order valence-corrected chi connectivity index (χ2v) is 11.9. The Kier molecular flexibility index (Phi) is 32.6. The van der Waals surface area contributed by atoms with E-state index in [1.54, 1.807) is 0 Å². The minimum Gasteiger partial charge on any atom is -0.462 e. The van der Waals surface area contributed by atoms with E-state index in [1.165, 1.54) is 109 Å². The minimum atomic E-state index is -0.772. The summed E-state index contributed by atoms with van der Waals surface area (Å²) in [6.45, 7) is 4.08. The molecule has 1 N–H and O–H groups in total. The molecule has 0 spiro atoms. The number of aliphatic hydroxyl groups excluding tert-OH is 1. The van der Waals surface area contributed by atoms with Gasteiger partial charge in [0.2, 0.25) is 0 Å². The van der Waals surface area contributed by atoms with Gasteiger partial charge in [0.15, 0.2) is 6.10 Å². The lowest BCUT2D eigenvalue weighted by molar-refractivity contribution is -0.161. The number of hydrogen-bond donors (Lipinski definition) is 1. The fourth-order valence-electron chi connectivity index (χ4n) is 4.94. The highest BCUT2D eigenvalue weighted by molar-refractivity contribution is 5.70. The van der Waals surface area contributed by atoms with Crippen molar-refractivity contribution in [3.8, 4) is 0 Å². The number of ether oxygens (including phenoxy) is 2. The van der Waals surface area contributed by atoms with Crippen molar-refractivity contribution in [3.63, 3.8) is 0 Å². The van der Waals surface area contributed by atoms with Crippen molar-refractivity contribution in [3.05, 3.63) is 24.3 Å². The monoisotopic (exact) mass is 593 g/mol. The number of unbranched alkanes of at least 4 members (excludes halogenated alkanes) is 20. The van der Waals surface area contributed by atoms with Gasteiger partial charge in [0.1, 0.15) is 6.61 Å². The quantitative estimate of drug-likeness (QED) is 0.0478. The first kappa shape index (κ1) is 40.4. The molecule has 0 heterocycles. The molecule has 5 heteroatoms. The molecule has 0 aromatic heterocycles. The number of rotatable bonds is 32. The summed E-state index contributed by atoms with van der Waals surface area (Å²) in [5.74, 6) is -0.606. The first-order chi connectivity index (χ1) is 20.6. The first-order valence-corrected chi connectivity index (χ1v) is 17.9. The summed E-state index contributed by atoms with van der Waals surface area (Å²) >= 11 is 0. The van der Waals surface area contributed by atoms with E-state index in [1.807, 2.05) is 0 Å². The number of carbonyl (C=O) groups is 2. The third-order valence-electron chi connectivity index (χ3n) is 7.72. The van der Waals surface area contributed by atoms with E-state index in [2.05, 4.69) is 38.2 Å². The van der Waals surface area contributed by atoms with Crippen LogP contribution in [0.15, 0.2) is 24.3 Å². The molecule has 5 nitrogen and oxygen atoms in total. The topological polar surface area (TPSA) is 72.8 Å². The van der Waals surface area contributed by atoms with Crippen LogP contribution in [0.4, 0.5) is 0 Å². The van der Waals surface area contributed by atoms with Gasteiger partial charge in [-0.05, 0) is 57.8 Å². The number of esters is 2. The molecule has 0 rings (SSSR count). The van der Waals surface area contributed by atoms with Crippen LogP contribution < -0.4 is 0 Å². The molecule has 42 heavy (non-hydrogen) atoms. The zero-order valence-electron chi connectivity index (χ0n) is 27.8. The van der Waals surface area contributed by atoms with Crippen LogP contribution in [0.3, 0.4) is 0 Å². The Labute approximate surface area is 260 Å². The Hall–Kier alpha value is -1.62. The van der Waals surface area contributed by atoms with E-state index >= 15 is 0 Å². The smallest absolute Gasteiger partial charge is 0.306 e. The largest absolute Gasteiger partial charge is 0.462 e. The second kappa shape index (κ2) is 33.9. The maximum Gasteiger partial charge on any atom is 0.306 e. The lowest BCUT2D eigenvalue weighted by Crippen LogP contribution is -2.28. The molecule has 0 aromatic carbocycles. The van der Waals surface area contributed by atoms with Crippen LogP contribution in [0, 0.1) is 0 Å². The normalized spacial score (nSPS) is 12.4. The standard InChI is InChI=1S/C37H68O5/c1-3-5-7-9-11-13-15-16-17-18-19-20-22-24-26-28-30-32-37(40)42-35(33-38)34-41-36(39)31-29-27-25-23-21-14-12-10-8-6-4-2/h10,12,16-17,35,38H,3-9,11,13-15,18-34H2,1-2H3/b12-10-,17-16-/t35-/m0/s1. The van der Waals surface area contributed by atoms with Crippen molar-refractivity contribution in [2.45, 2.75) is 187 Å². The van der Waals surface area contributed by atoms with Crippen molar-refractivity contribution in [2.75, 3.05) is 13.2 Å². The van der Waals surface area contributed by atoms with Crippen molar-refractivity contribution in [1.82, 2.24) is 0 Å². The van der Waals surface area contributed by atoms with Crippen molar-refractivity contribution >= 4 is 11.9 Å². The molecule has 0 radical (unpaired) electrons. The van der Waals surface area contributed by atoms with Gasteiger partial charge in [-0.15, -0.1) is 0 Å². The lowest BCUT2D eigenvalue weighted by Gasteiger charge is -2.15. The summed E-state index contributed by atoms with van der Waals surface area (Å²) < 4.78 is 10.5. The molecule has 0 bridgehead atoms. The van der Waals surface area contributed by atoms with Crippen LogP contribution in [0.1, 0.15) is 181 Å². The molecular weight excluding hydrogens is 524 g/mol. The van der Waals surface area contributed by atoms with Crippen LogP contribution in [-0.2, 0) is 19.1 Å². The van der Waals surface area contributed by atoms with Gasteiger partial charge in [-0.1, -0.05) is 134 Å². The van der Waals surface area contributed by atoms with E-state index in [4.69, 9.17) is 9.47 Å². The summed E-state index contributed by atoms with van der Waals surface area (Å²) in [5, 5.41) is 9.51. The zero-order valence-corrected chi connectivity index (χ0v) is 27.8. The number of allylic oxidation sites excluding steroid dienone is 4. The Bertz CT molecular complexity index is 642. The zero-order chi connectivity index (χ0) is 30.8. The summed E-state index contributed by atoms with van der Waals surface area (Å²) in [6.07, 6.45) is 38.0. The highest BCUT2D eigenvalue weighted by Gasteiger charge is 2.16. The van der Waals surface area contributed by atoms with E-state index in [9.17, 15) is 14.7 Å². The maximum absolute atomic E-state index is 12.1. The highest BCUT2D eigenvalue weighted by Crippen LogP contribution is 2.13. The van der Waals surface area contributed by atoms with Gasteiger partial charge in [-0.25, -0.2) is 0 Å². The third-order valence-corrected chi connectivity index (χ3v) is 7.72. The van der Waals surface area contributed by atoms with Gasteiger partial charge in [-0.3, -0.25) is 9.59 Å². The molecule has 0 fully saturated rings. The molecule has 0 unspecified atom stereocenters. The van der Waals surface area contributed by atoms with E-state index in [0.717, 1.165) is 44.9 Å². The molecule has 0 aliphatic heterocycles. The highest BCUT2D eigenvalue weighted by atomic mass is 16.6. The molecule has 0 saturated carbocycles. The minimum absolute atomic E-state index is 0.0698. The molecule has 1 atom stereocenters. The third kappa shape index (κ3) is 31.3. The molecule has 0 aromatic rings. The van der Waals surface area contributed by atoms with Crippen LogP contribution >= 0.6 is 0 Å². The number of aliphatic hydroxyl groups is 1. The van der Waals surface area contributed by atoms with Crippen molar-refractivity contribution < 1.29 is 24.2 Å². The summed E-state index contributed by atoms with van der Waals surface area (Å²) in [7, 11) is 0. The summed E-state index contributed by atoms with van der Waals surface area (Å²) in [5.41, 5.74) is 0. The fraction of sp³-hybridized carbons (Fsp3) is 0.838.